The molecule has 0 N–H and O–H groups in total. The maximum absolute atomic E-state index is 12.4. The Morgan fingerprint density at radius 2 is 1.92 bits per heavy atom. The van der Waals surface area contributed by atoms with Crippen LogP contribution < -0.4 is 0 Å². The Morgan fingerprint density at radius 3 is 2.54 bits per heavy atom. The second kappa shape index (κ2) is 9.54. The van der Waals surface area contributed by atoms with Crippen LogP contribution in [0.3, 0.4) is 0 Å². The van der Waals surface area contributed by atoms with Gasteiger partial charge in [0.2, 0.25) is 11.1 Å². The van der Waals surface area contributed by atoms with Crippen LogP contribution in [0.2, 0.25) is 0 Å². The number of nitrogens with zero attached hydrogens (tertiary/aromatic N) is 7. The molecule has 26 heavy (non-hydrogen) atoms. The van der Waals surface area contributed by atoms with Gasteiger partial charge in [-0.2, -0.15) is 15.2 Å². The molecule has 0 saturated heterocycles. The molecule has 8 nitrogen and oxygen atoms in total. The predicted octanol–water partition coefficient (Wildman–Crippen LogP) is 2.03. The van der Waals surface area contributed by atoms with E-state index in [-0.39, 0.29) is 24.5 Å². The quantitative estimate of drug-likeness (QED) is 0.654. The molecular formula is C17H19N7OS. The van der Waals surface area contributed by atoms with Gasteiger partial charge in [0, 0.05) is 13.1 Å². The zero-order valence-electron chi connectivity index (χ0n) is 14.7. The molecule has 1 heterocycles. The van der Waals surface area contributed by atoms with E-state index in [1.165, 1.54) is 16.7 Å². The molecule has 134 valence electrons. The van der Waals surface area contributed by atoms with E-state index < -0.39 is 0 Å². The van der Waals surface area contributed by atoms with Crippen molar-refractivity contribution in [2.24, 2.45) is 0 Å². The summed E-state index contributed by atoms with van der Waals surface area (Å²) in [4.78, 5) is 14.0. The zero-order valence-corrected chi connectivity index (χ0v) is 15.5. The summed E-state index contributed by atoms with van der Waals surface area (Å²) in [6.45, 7) is 4.63. The molecule has 0 aliphatic rings. The lowest BCUT2D eigenvalue weighted by Crippen LogP contribution is -2.34. The molecule has 2 rings (SSSR count). The summed E-state index contributed by atoms with van der Waals surface area (Å²) in [7, 11) is 0. The minimum atomic E-state index is -0.143. The third kappa shape index (κ3) is 5.04. The van der Waals surface area contributed by atoms with E-state index in [4.69, 9.17) is 10.5 Å². The summed E-state index contributed by atoms with van der Waals surface area (Å²) >= 11 is 1.23. The molecule has 1 aromatic carbocycles. The molecule has 1 aromatic heterocycles. The largest absolute Gasteiger partial charge is 0.340 e. The van der Waals surface area contributed by atoms with Crippen LogP contribution in [-0.4, -0.2) is 49.9 Å². The molecule has 0 fully saturated rings. The molecule has 0 bridgehead atoms. The van der Waals surface area contributed by atoms with Gasteiger partial charge in [0.15, 0.2) is 0 Å². The topological polar surface area (TPSA) is 111 Å². The number of thioether (sulfide) groups is 1. The number of carbonyl (C=O) groups is 1. The fourth-order valence-electron chi connectivity index (χ4n) is 2.41. The zero-order chi connectivity index (χ0) is 18.9. The van der Waals surface area contributed by atoms with Gasteiger partial charge in [-0.15, -0.1) is 5.10 Å². The van der Waals surface area contributed by atoms with E-state index in [2.05, 4.69) is 15.5 Å². The van der Waals surface area contributed by atoms with Gasteiger partial charge in [-0.1, -0.05) is 29.5 Å². The van der Waals surface area contributed by atoms with E-state index >= 15 is 0 Å². The van der Waals surface area contributed by atoms with Crippen molar-refractivity contribution < 1.29 is 4.79 Å². The monoisotopic (exact) mass is 369 g/mol. The van der Waals surface area contributed by atoms with Crippen molar-refractivity contribution in [2.75, 3.05) is 18.8 Å². The van der Waals surface area contributed by atoms with Gasteiger partial charge >= 0.3 is 0 Å². The van der Waals surface area contributed by atoms with Crippen LogP contribution in [0.25, 0.3) is 5.69 Å². The molecular weight excluding hydrogens is 350 g/mol. The van der Waals surface area contributed by atoms with E-state index in [1.54, 1.807) is 4.68 Å². The Bertz CT molecular complexity index is 832. The highest BCUT2D eigenvalue weighted by molar-refractivity contribution is 7.99. The molecule has 0 unspecified atom stereocenters. The number of tetrazole rings is 1. The highest BCUT2D eigenvalue weighted by Crippen LogP contribution is 2.21. The molecule has 0 radical (unpaired) electrons. The summed E-state index contributed by atoms with van der Waals surface area (Å²) in [6.07, 6.45) is 0.476. The summed E-state index contributed by atoms with van der Waals surface area (Å²) < 4.78 is 1.61. The van der Waals surface area contributed by atoms with Gasteiger partial charge in [-0.25, -0.2) is 0 Å². The average molecular weight is 369 g/mol. The fourth-order valence-corrected chi connectivity index (χ4v) is 3.20. The van der Waals surface area contributed by atoms with Crippen LogP contribution in [0.1, 0.15) is 24.0 Å². The Hall–Kier alpha value is -2.91. The van der Waals surface area contributed by atoms with Crippen LogP contribution >= 0.6 is 11.8 Å². The maximum Gasteiger partial charge on any atom is 0.233 e. The second-order valence-electron chi connectivity index (χ2n) is 5.65. The lowest BCUT2D eigenvalue weighted by molar-refractivity contribution is -0.128. The number of benzene rings is 1. The summed E-state index contributed by atoms with van der Waals surface area (Å²) in [5, 5.41) is 29.7. The highest BCUT2D eigenvalue weighted by atomic mass is 32.2. The average Bonchev–Trinajstić information content (AvgIpc) is 3.08. The number of aromatic nitrogens is 4. The minimum absolute atomic E-state index is 0.141. The molecule has 0 atom stereocenters. The van der Waals surface area contributed by atoms with Crippen LogP contribution in [0.15, 0.2) is 23.4 Å². The van der Waals surface area contributed by atoms with Crippen molar-refractivity contribution in [3.63, 3.8) is 0 Å². The van der Waals surface area contributed by atoms with E-state index in [0.29, 0.717) is 18.2 Å². The molecule has 1 amide bonds. The maximum atomic E-state index is 12.4. The molecule has 0 spiro atoms. The van der Waals surface area contributed by atoms with Crippen molar-refractivity contribution in [3.8, 4) is 17.8 Å². The van der Waals surface area contributed by atoms with Crippen molar-refractivity contribution in [1.82, 2.24) is 25.1 Å². The van der Waals surface area contributed by atoms with Crippen molar-refractivity contribution >= 4 is 17.7 Å². The van der Waals surface area contributed by atoms with Crippen molar-refractivity contribution in [1.29, 1.82) is 10.5 Å². The number of nitriles is 2. The Morgan fingerprint density at radius 1 is 1.23 bits per heavy atom. The Labute approximate surface area is 156 Å². The van der Waals surface area contributed by atoms with E-state index in [9.17, 15) is 4.79 Å². The molecule has 2 aromatic rings. The van der Waals surface area contributed by atoms with Crippen LogP contribution in [0, 0.1) is 36.5 Å². The Balaban J connectivity index is 2.08. The van der Waals surface area contributed by atoms with Gasteiger partial charge in [0.1, 0.15) is 0 Å². The SMILES string of the molecule is Cc1ccc(-n2nnnc2SCC(=O)N(CCC#N)CCC#N)c(C)c1. The normalized spacial score (nSPS) is 10.2. The van der Waals surface area contributed by atoms with Gasteiger partial charge in [-0.05, 0) is 35.9 Å². The molecule has 0 aliphatic carbocycles. The first-order valence-corrected chi connectivity index (χ1v) is 9.06. The van der Waals surface area contributed by atoms with E-state index in [1.807, 2.05) is 44.2 Å². The third-order valence-electron chi connectivity index (χ3n) is 3.69. The lowest BCUT2D eigenvalue weighted by Gasteiger charge is -2.19. The van der Waals surface area contributed by atoms with Crippen molar-refractivity contribution in [2.45, 2.75) is 31.8 Å². The summed E-state index contributed by atoms with van der Waals surface area (Å²) in [6, 6.07) is 10.0. The molecule has 9 heteroatoms. The molecule has 0 saturated carbocycles. The Kier molecular flexibility index (Phi) is 7.12. The second-order valence-corrected chi connectivity index (χ2v) is 6.59. The number of aryl methyl sites for hydroxylation is 2. The van der Waals surface area contributed by atoms with Gasteiger partial charge in [0.05, 0.1) is 36.4 Å². The fraction of sp³-hybridized carbons (Fsp3) is 0.412. The van der Waals surface area contributed by atoms with Gasteiger partial charge in [0.25, 0.3) is 0 Å². The number of carbonyl (C=O) groups excluding carboxylic acids is 1. The van der Waals surface area contributed by atoms with Crippen LogP contribution in [0.4, 0.5) is 0 Å². The standard InChI is InChI=1S/C17H19N7OS/c1-13-5-6-15(14(2)11-13)24-17(20-21-22-24)26-12-16(25)23(9-3-7-18)10-4-8-19/h5-6,11H,3-4,9-10,12H2,1-2H3. The van der Waals surface area contributed by atoms with Gasteiger partial charge in [-0.3, -0.25) is 4.79 Å². The predicted molar refractivity (Wildman–Crippen MR) is 96.4 cm³/mol. The number of hydrogen-bond acceptors (Lipinski definition) is 7. The van der Waals surface area contributed by atoms with Crippen molar-refractivity contribution in [3.05, 3.63) is 29.3 Å². The minimum Gasteiger partial charge on any atom is -0.340 e. The first-order valence-electron chi connectivity index (χ1n) is 8.07. The van der Waals surface area contributed by atoms with E-state index in [0.717, 1.165) is 16.8 Å². The summed E-state index contributed by atoms with van der Waals surface area (Å²) in [5.74, 6) is -0.00188. The first kappa shape index (κ1) is 19.4. The molecule has 0 aliphatic heterocycles. The van der Waals surface area contributed by atoms with Gasteiger partial charge < -0.3 is 4.90 Å². The first-order chi connectivity index (χ1) is 12.6. The third-order valence-corrected chi connectivity index (χ3v) is 4.59. The highest BCUT2D eigenvalue weighted by Gasteiger charge is 2.17. The van der Waals surface area contributed by atoms with Crippen LogP contribution in [0.5, 0.6) is 0 Å². The lowest BCUT2D eigenvalue weighted by atomic mass is 10.1. The number of amides is 1. The number of hydrogen-bond donors (Lipinski definition) is 0. The summed E-state index contributed by atoms with van der Waals surface area (Å²) in [5.41, 5.74) is 3.05. The smallest absolute Gasteiger partial charge is 0.233 e. The number of rotatable bonds is 8. The van der Waals surface area contributed by atoms with Crippen LogP contribution in [-0.2, 0) is 4.79 Å².